The number of nitrogens with two attached hydrogens (primary N) is 1. The van der Waals surface area contributed by atoms with E-state index in [0.29, 0.717) is 29.7 Å². The van der Waals surface area contributed by atoms with Gasteiger partial charge in [0, 0.05) is 19.6 Å². The first-order chi connectivity index (χ1) is 9.46. The van der Waals surface area contributed by atoms with Crippen molar-refractivity contribution in [1.29, 1.82) is 0 Å². The van der Waals surface area contributed by atoms with Gasteiger partial charge in [0.05, 0.1) is 4.90 Å². The fourth-order valence-corrected chi connectivity index (χ4v) is 3.57. The van der Waals surface area contributed by atoms with Gasteiger partial charge >= 0.3 is 0 Å². The van der Waals surface area contributed by atoms with Crippen LogP contribution in [0.5, 0.6) is 5.75 Å². The van der Waals surface area contributed by atoms with Gasteiger partial charge in [-0.1, -0.05) is 0 Å². The summed E-state index contributed by atoms with van der Waals surface area (Å²) >= 11 is 0. The summed E-state index contributed by atoms with van der Waals surface area (Å²) in [6, 6.07) is 6.54. The molecule has 0 saturated heterocycles. The highest BCUT2D eigenvalue weighted by Gasteiger charge is 2.35. The van der Waals surface area contributed by atoms with Crippen LogP contribution in [0, 0.1) is 5.92 Å². The summed E-state index contributed by atoms with van der Waals surface area (Å²) in [5, 5.41) is 0. The van der Waals surface area contributed by atoms with Crippen molar-refractivity contribution in [2.75, 3.05) is 20.2 Å². The molecule has 1 unspecified atom stereocenters. The van der Waals surface area contributed by atoms with Crippen LogP contribution in [0.2, 0.25) is 0 Å². The molecule has 0 aliphatic heterocycles. The molecule has 1 aromatic rings. The molecular formula is C14H22N2O3S. The summed E-state index contributed by atoms with van der Waals surface area (Å²) in [7, 11) is -1.78. The van der Waals surface area contributed by atoms with Crippen molar-refractivity contribution in [2.24, 2.45) is 11.7 Å². The lowest BCUT2D eigenvalue weighted by atomic mass is 10.2. The van der Waals surface area contributed by atoms with Crippen LogP contribution in [0.15, 0.2) is 29.2 Å². The lowest BCUT2D eigenvalue weighted by Gasteiger charge is -2.24. The van der Waals surface area contributed by atoms with Crippen molar-refractivity contribution in [1.82, 2.24) is 4.31 Å². The summed E-state index contributed by atoms with van der Waals surface area (Å²) in [5.41, 5.74) is 5.36. The Morgan fingerprint density at radius 2 is 1.95 bits per heavy atom. The van der Waals surface area contributed by atoms with Crippen molar-refractivity contribution in [3.05, 3.63) is 24.3 Å². The lowest BCUT2D eigenvalue weighted by molar-refractivity contribution is 0.328. The quantitative estimate of drug-likeness (QED) is 0.827. The molecule has 0 bridgehead atoms. The van der Waals surface area contributed by atoms with Gasteiger partial charge in [-0.3, -0.25) is 0 Å². The molecule has 1 aromatic carbocycles. The largest absolute Gasteiger partial charge is 0.492 e. The average Bonchev–Trinajstić information content (AvgIpc) is 3.28. The minimum absolute atomic E-state index is 0.0492. The number of rotatable bonds is 7. The lowest BCUT2D eigenvalue weighted by Crippen LogP contribution is -2.36. The van der Waals surface area contributed by atoms with Crippen molar-refractivity contribution in [2.45, 2.75) is 30.7 Å². The molecule has 1 atom stereocenters. The van der Waals surface area contributed by atoms with E-state index in [2.05, 4.69) is 0 Å². The minimum atomic E-state index is -3.43. The second kappa shape index (κ2) is 6.11. The maximum atomic E-state index is 12.5. The Balaban J connectivity index is 2.12. The smallest absolute Gasteiger partial charge is 0.243 e. The predicted octanol–water partition coefficient (Wildman–Crippen LogP) is 1.44. The second-order valence-corrected chi connectivity index (χ2v) is 7.21. The molecule has 112 valence electrons. The Kier molecular flexibility index (Phi) is 4.67. The third kappa shape index (κ3) is 3.31. The van der Waals surface area contributed by atoms with Gasteiger partial charge in [0.15, 0.2) is 0 Å². The highest BCUT2D eigenvalue weighted by molar-refractivity contribution is 7.89. The number of hydrogen-bond acceptors (Lipinski definition) is 4. The molecule has 6 heteroatoms. The van der Waals surface area contributed by atoms with E-state index in [4.69, 9.17) is 10.5 Å². The van der Waals surface area contributed by atoms with Crippen molar-refractivity contribution < 1.29 is 13.2 Å². The van der Waals surface area contributed by atoms with E-state index in [1.807, 2.05) is 6.92 Å². The molecule has 20 heavy (non-hydrogen) atoms. The molecule has 2 rings (SSSR count). The maximum absolute atomic E-state index is 12.5. The molecule has 5 nitrogen and oxygen atoms in total. The van der Waals surface area contributed by atoms with Gasteiger partial charge in [-0.25, -0.2) is 8.42 Å². The van der Waals surface area contributed by atoms with Crippen molar-refractivity contribution >= 4 is 10.0 Å². The zero-order valence-corrected chi connectivity index (χ0v) is 12.8. The van der Waals surface area contributed by atoms with Gasteiger partial charge in [-0.15, -0.1) is 0 Å². The zero-order valence-electron chi connectivity index (χ0n) is 12.0. The number of sulfonamides is 1. The van der Waals surface area contributed by atoms with Crippen LogP contribution >= 0.6 is 0 Å². The molecule has 2 N–H and O–H groups in total. The second-order valence-electron chi connectivity index (χ2n) is 5.21. The van der Waals surface area contributed by atoms with Crippen LogP contribution in [0.1, 0.15) is 19.8 Å². The fourth-order valence-electron chi connectivity index (χ4n) is 2.15. The van der Waals surface area contributed by atoms with Crippen LogP contribution in [0.25, 0.3) is 0 Å². The predicted molar refractivity (Wildman–Crippen MR) is 78.1 cm³/mol. The highest BCUT2D eigenvalue weighted by Crippen LogP contribution is 2.36. The fraction of sp³-hybridized carbons (Fsp3) is 0.571. The van der Waals surface area contributed by atoms with Crippen LogP contribution in [-0.4, -0.2) is 39.0 Å². The van der Waals surface area contributed by atoms with Crippen LogP contribution in [0.3, 0.4) is 0 Å². The Morgan fingerprint density at radius 3 is 2.45 bits per heavy atom. The number of hydrogen-bond donors (Lipinski definition) is 1. The van der Waals surface area contributed by atoms with Crippen molar-refractivity contribution in [3.8, 4) is 5.75 Å². The Bertz CT molecular complexity index is 538. The van der Waals surface area contributed by atoms with Gasteiger partial charge in [0.1, 0.15) is 12.4 Å². The summed E-state index contributed by atoms with van der Waals surface area (Å²) in [4.78, 5) is 0.299. The topological polar surface area (TPSA) is 72.6 Å². The van der Waals surface area contributed by atoms with Crippen molar-refractivity contribution in [3.63, 3.8) is 0 Å². The first-order valence-corrected chi connectivity index (χ1v) is 8.32. The maximum Gasteiger partial charge on any atom is 0.243 e. The number of benzene rings is 1. The molecule has 0 spiro atoms. The minimum Gasteiger partial charge on any atom is -0.492 e. The van der Waals surface area contributed by atoms with Gasteiger partial charge in [-0.05, 0) is 49.9 Å². The van der Waals surface area contributed by atoms with Crippen LogP contribution < -0.4 is 10.5 Å². The van der Waals surface area contributed by atoms with Crippen LogP contribution in [-0.2, 0) is 10.0 Å². The standard InChI is InChI=1S/C14H22N2O3S/c1-11(12-3-4-12)16(2)20(17,18)14-7-5-13(6-8-14)19-10-9-15/h5-8,11-12H,3-4,9-10,15H2,1-2H3. The van der Waals surface area contributed by atoms with Gasteiger partial charge in [-0.2, -0.15) is 4.31 Å². The Labute approximate surface area is 120 Å². The molecule has 0 heterocycles. The number of ether oxygens (including phenoxy) is 1. The number of nitrogens with zero attached hydrogens (tertiary/aromatic N) is 1. The molecule has 0 aromatic heterocycles. The Hall–Kier alpha value is -1.11. The summed E-state index contributed by atoms with van der Waals surface area (Å²) in [5.74, 6) is 1.13. The highest BCUT2D eigenvalue weighted by atomic mass is 32.2. The molecule has 1 aliphatic rings. The third-order valence-corrected chi connectivity index (χ3v) is 5.72. The first-order valence-electron chi connectivity index (χ1n) is 6.88. The molecule has 1 saturated carbocycles. The molecule has 0 amide bonds. The first kappa shape index (κ1) is 15.3. The van der Waals surface area contributed by atoms with Gasteiger partial charge < -0.3 is 10.5 Å². The normalized spacial score (nSPS) is 17.2. The van der Waals surface area contributed by atoms with E-state index in [0.717, 1.165) is 12.8 Å². The monoisotopic (exact) mass is 298 g/mol. The summed E-state index contributed by atoms with van der Waals surface area (Å²) in [6.45, 7) is 2.82. The Morgan fingerprint density at radius 1 is 1.35 bits per heavy atom. The molecule has 1 aliphatic carbocycles. The van der Waals surface area contributed by atoms with E-state index < -0.39 is 10.0 Å². The van der Waals surface area contributed by atoms with E-state index in [9.17, 15) is 8.42 Å². The van der Waals surface area contributed by atoms with E-state index in [1.54, 1.807) is 31.3 Å². The summed E-state index contributed by atoms with van der Waals surface area (Å²) < 4.78 is 31.8. The van der Waals surface area contributed by atoms with E-state index in [-0.39, 0.29) is 6.04 Å². The molecule has 0 radical (unpaired) electrons. The summed E-state index contributed by atoms with van der Waals surface area (Å²) in [6.07, 6.45) is 2.24. The van der Waals surface area contributed by atoms with Gasteiger partial charge in [0.2, 0.25) is 10.0 Å². The zero-order chi connectivity index (χ0) is 14.8. The van der Waals surface area contributed by atoms with Gasteiger partial charge in [0.25, 0.3) is 0 Å². The van der Waals surface area contributed by atoms with E-state index in [1.165, 1.54) is 4.31 Å². The molecular weight excluding hydrogens is 276 g/mol. The SMILES string of the molecule is CC(C1CC1)N(C)S(=O)(=O)c1ccc(OCCN)cc1. The molecule has 1 fully saturated rings. The average molecular weight is 298 g/mol. The third-order valence-electron chi connectivity index (χ3n) is 3.77. The van der Waals surface area contributed by atoms with Crippen LogP contribution in [0.4, 0.5) is 0 Å². The van der Waals surface area contributed by atoms with E-state index >= 15 is 0 Å².